The van der Waals surface area contributed by atoms with Crippen LogP contribution in [0.25, 0.3) is 16.5 Å². The molecule has 5 heteroatoms. The van der Waals surface area contributed by atoms with E-state index in [0.29, 0.717) is 23.5 Å². The molecule has 0 saturated heterocycles. The number of nitrogens with zero attached hydrogens (tertiary/aromatic N) is 3. The van der Waals surface area contributed by atoms with Crippen molar-refractivity contribution in [1.29, 1.82) is 0 Å². The fraction of sp³-hybridized carbons (Fsp3) is 0.115. The molecule has 31 heavy (non-hydrogen) atoms. The first-order valence-corrected chi connectivity index (χ1v) is 10.0. The van der Waals surface area contributed by atoms with Gasteiger partial charge in [0.1, 0.15) is 12.4 Å². The highest BCUT2D eigenvalue weighted by molar-refractivity contribution is 6.28. The van der Waals surface area contributed by atoms with Crippen molar-refractivity contribution in [2.24, 2.45) is 0 Å². The van der Waals surface area contributed by atoms with E-state index >= 15 is 0 Å². The van der Waals surface area contributed by atoms with Gasteiger partial charge in [0.15, 0.2) is 5.78 Å². The number of ketones is 1. The molecule has 0 aliphatic heterocycles. The molecule has 0 aliphatic carbocycles. The zero-order valence-corrected chi connectivity index (χ0v) is 17.5. The lowest BCUT2D eigenvalue weighted by Gasteiger charge is -2.12. The van der Waals surface area contributed by atoms with Crippen LogP contribution in [0.15, 0.2) is 91.4 Å². The van der Waals surface area contributed by atoms with E-state index in [1.807, 2.05) is 85.9 Å². The van der Waals surface area contributed by atoms with Crippen molar-refractivity contribution in [1.82, 2.24) is 14.9 Å². The number of aromatic nitrogens is 2. The van der Waals surface area contributed by atoms with Crippen molar-refractivity contribution in [2.45, 2.75) is 6.61 Å². The van der Waals surface area contributed by atoms with Crippen LogP contribution in [-0.4, -0.2) is 34.7 Å². The maximum absolute atomic E-state index is 13.1. The number of carbonyl (C=O) groups excluding carboxylic acids is 1. The van der Waals surface area contributed by atoms with Gasteiger partial charge < -0.3 is 9.64 Å². The van der Waals surface area contributed by atoms with Crippen molar-refractivity contribution in [2.75, 3.05) is 14.1 Å². The maximum atomic E-state index is 13.1. The average molecular weight is 409 g/mol. The smallest absolute Gasteiger partial charge is 0.195 e. The summed E-state index contributed by atoms with van der Waals surface area (Å²) in [5.41, 5.74) is 3.84. The van der Waals surface area contributed by atoms with Crippen LogP contribution >= 0.6 is 0 Å². The average Bonchev–Trinajstić information content (AvgIpc) is 2.81. The Morgan fingerprint density at radius 3 is 2.39 bits per heavy atom. The zero-order valence-electron chi connectivity index (χ0n) is 17.5. The molecule has 0 radical (unpaired) electrons. The highest BCUT2D eigenvalue weighted by Crippen LogP contribution is 2.22. The number of ether oxygens (including phenoxy) is 1. The predicted octanol–water partition coefficient (Wildman–Crippen LogP) is 4.99. The number of para-hydroxylation sites is 1. The number of Topliss-reactive ketones (excluding diaryl/α,β-unsaturated/α-hetero) is 1. The minimum Gasteiger partial charge on any atom is -0.487 e. The van der Waals surface area contributed by atoms with Gasteiger partial charge in [-0.05, 0) is 54.1 Å². The van der Waals surface area contributed by atoms with Gasteiger partial charge in [-0.1, -0.05) is 24.3 Å². The van der Waals surface area contributed by atoms with Gasteiger partial charge in [0.2, 0.25) is 0 Å². The van der Waals surface area contributed by atoms with Gasteiger partial charge in [0.05, 0.1) is 11.2 Å². The fourth-order valence-corrected chi connectivity index (χ4v) is 3.26. The van der Waals surface area contributed by atoms with Crippen LogP contribution in [0, 0.1) is 0 Å². The summed E-state index contributed by atoms with van der Waals surface area (Å²) < 4.78 is 5.88. The minimum atomic E-state index is -0.0531. The van der Waals surface area contributed by atoms with E-state index in [9.17, 15) is 4.79 Å². The van der Waals surface area contributed by atoms with Crippen LogP contribution in [-0.2, 0) is 6.61 Å². The van der Waals surface area contributed by atoms with Gasteiger partial charge in [-0.25, -0.2) is 4.98 Å². The Bertz CT molecular complexity index is 1220. The number of allylic oxidation sites excluding steroid dienone is 1. The molecule has 0 fully saturated rings. The molecule has 2 aromatic heterocycles. The van der Waals surface area contributed by atoms with Gasteiger partial charge in [0, 0.05) is 49.2 Å². The van der Waals surface area contributed by atoms with E-state index in [0.717, 1.165) is 22.2 Å². The Kier molecular flexibility index (Phi) is 6.03. The fourth-order valence-electron chi connectivity index (χ4n) is 3.26. The summed E-state index contributed by atoms with van der Waals surface area (Å²) in [5.74, 6) is 0.635. The summed E-state index contributed by atoms with van der Waals surface area (Å²) in [6, 6.07) is 22.9. The monoisotopic (exact) mass is 409 g/mol. The molecule has 0 saturated carbocycles. The Hall–Kier alpha value is -3.99. The summed E-state index contributed by atoms with van der Waals surface area (Å²) >= 11 is 0. The number of hydrogen-bond donors (Lipinski definition) is 0. The summed E-state index contributed by atoms with van der Waals surface area (Å²) in [6.45, 7) is 0.362. The van der Waals surface area contributed by atoms with Crippen molar-refractivity contribution in [3.8, 4) is 5.75 Å². The van der Waals surface area contributed by atoms with Crippen molar-refractivity contribution < 1.29 is 9.53 Å². The van der Waals surface area contributed by atoms with Gasteiger partial charge in [-0.2, -0.15) is 0 Å². The van der Waals surface area contributed by atoms with Gasteiger partial charge in [-0.3, -0.25) is 9.78 Å². The zero-order chi connectivity index (χ0) is 21.6. The van der Waals surface area contributed by atoms with E-state index in [1.165, 1.54) is 0 Å². The molecular formula is C26H23N3O2. The molecule has 2 heterocycles. The molecular weight excluding hydrogens is 386 g/mol. The van der Waals surface area contributed by atoms with E-state index < -0.39 is 0 Å². The van der Waals surface area contributed by atoms with Crippen LogP contribution in [0.2, 0.25) is 0 Å². The lowest BCUT2D eigenvalue weighted by Crippen LogP contribution is -2.09. The van der Waals surface area contributed by atoms with Crippen LogP contribution in [0.1, 0.15) is 21.6 Å². The van der Waals surface area contributed by atoms with Crippen LogP contribution in [0.4, 0.5) is 0 Å². The number of fused-ring (bicyclic) bond motifs is 1. The number of benzene rings is 2. The van der Waals surface area contributed by atoms with Gasteiger partial charge in [0.25, 0.3) is 0 Å². The first kappa shape index (κ1) is 20.3. The largest absolute Gasteiger partial charge is 0.487 e. The number of pyridine rings is 2. The molecule has 4 rings (SSSR count). The Morgan fingerprint density at radius 1 is 0.903 bits per heavy atom. The molecule has 4 aromatic rings. The molecule has 0 unspecified atom stereocenters. The first-order valence-electron chi connectivity index (χ1n) is 10.0. The standard InChI is InChI=1S/C26H23N3O2/c1-29(2)17-24(19-13-15-27-16-14-19)26(30)21-8-11-23(12-9-21)31-18-22-10-7-20-5-3-4-6-25(20)28-22/h3-17H,18H2,1-2H3. The van der Waals surface area contributed by atoms with Crippen molar-refractivity contribution in [3.05, 3.63) is 108 Å². The molecule has 5 nitrogen and oxygen atoms in total. The summed E-state index contributed by atoms with van der Waals surface area (Å²) in [4.78, 5) is 23.7. The second-order valence-corrected chi connectivity index (χ2v) is 7.38. The van der Waals surface area contributed by atoms with E-state index in [-0.39, 0.29) is 5.78 Å². The third-order valence-corrected chi connectivity index (χ3v) is 4.78. The lowest BCUT2D eigenvalue weighted by molar-refractivity contribution is 0.105. The van der Waals surface area contributed by atoms with E-state index in [2.05, 4.69) is 9.97 Å². The highest BCUT2D eigenvalue weighted by atomic mass is 16.5. The molecule has 0 spiro atoms. The minimum absolute atomic E-state index is 0.0531. The van der Waals surface area contributed by atoms with Crippen molar-refractivity contribution in [3.63, 3.8) is 0 Å². The topological polar surface area (TPSA) is 55.3 Å². The highest BCUT2D eigenvalue weighted by Gasteiger charge is 2.15. The SMILES string of the molecule is CN(C)C=C(C(=O)c1ccc(OCc2ccc3ccccc3n2)cc1)c1ccncc1. The van der Waals surface area contributed by atoms with Gasteiger partial charge >= 0.3 is 0 Å². The van der Waals surface area contributed by atoms with E-state index in [4.69, 9.17) is 4.74 Å². The van der Waals surface area contributed by atoms with Crippen LogP contribution < -0.4 is 4.74 Å². The molecule has 0 atom stereocenters. The quantitative estimate of drug-likeness (QED) is 0.318. The Labute approximate surface area is 181 Å². The summed E-state index contributed by atoms with van der Waals surface area (Å²) in [5, 5.41) is 1.10. The van der Waals surface area contributed by atoms with Crippen molar-refractivity contribution >= 4 is 22.3 Å². The molecule has 2 aromatic carbocycles. The van der Waals surface area contributed by atoms with E-state index in [1.54, 1.807) is 24.5 Å². The Balaban J connectivity index is 1.48. The number of carbonyl (C=O) groups is 1. The molecule has 0 bridgehead atoms. The van der Waals surface area contributed by atoms with Gasteiger partial charge in [-0.15, -0.1) is 0 Å². The van der Waals surface area contributed by atoms with Crippen LogP contribution in [0.3, 0.4) is 0 Å². The normalized spacial score (nSPS) is 11.4. The molecule has 154 valence electrons. The molecule has 0 amide bonds. The predicted molar refractivity (Wildman–Crippen MR) is 123 cm³/mol. The first-order chi connectivity index (χ1) is 15.1. The molecule has 0 N–H and O–H groups in total. The lowest BCUT2D eigenvalue weighted by atomic mass is 9.98. The maximum Gasteiger partial charge on any atom is 0.195 e. The second-order valence-electron chi connectivity index (χ2n) is 7.38. The third kappa shape index (κ3) is 4.95. The molecule has 0 aliphatic rings. The Morgan fingerprint density at radius 2 is 1.65 bits per heavy atom. The second kappa shape index (κ2) is 9.22. The number of rotatable bonds is 7. The third-order valence-electron chi connectivity index (χ3n) is 4.78. The van der Waals surface area contributed by atoms with Crippen LogP contribution in [0.5, 0.6) is 5.75 Å². The summed E-state index contributed by atoms with van der Waals surface area (Å²) in [7, 11) is 3.79. The summed E-state index contributed by atoms with van der Waals surface area (Å²) in [6.07, 6.45) is 5.20. The number of hydrogen-bond acceptors (Lipinski definition) is 5.